The average molecular weight is 308 g/mol. The Hall–Kier alpha value is -2.16. The molecule has 0 saturated carbocycles. The van der Waals surface area contributed by atoms with Gasteiger partial charge in [0.25, 0.3) is 0 Å². The van der Waals surface area contributed by atoms with Gasteiger partial charge in [-0.2, -0.15) is 5.10 Å². The third kappa shape index (κ3) is 2.97. The highest BCUT2D eigenvalue weighted by Gasteiger charge is 2.23. The van der Waals surface area contributed by atoms with Gasteiger partial charge in [-0.3, -0.25) is 14.8 Å². The molecular weight excluding hydrogens is 292 g/mol. The van der Waals surface area contributed by atoms with E-state index in [1.165, 1.54) is 6.20 Å². The Labute approximate surface area is 125 Å². The highest BCUT2D eigenvalue weighted by molar-refractivity contribution is 7.18. The standard InChI is InChI=1S/C12H16N6O2S/c1-16-10(4-5-14-16)17-6-2-3-9(8-17)15-12-13-7-11(21-12)18(19)20/h4-5,7,9H,2-3,6,8H2,1H3,(H,13,15)/t9-/m0/s1. The van der Waals surface area contributed by atoms with E-state index in [9.17, 15) is 10.1 Å². The minimum Gasteiger partial charge on any atom is -0.357 e. The van der Waals surface area contributed by atoms with Crippen LogP contribution in [0.1, 0.15) is 12.8 Å². The number of aromatic nitrogens is 3. The zero-order valence-corrected chi connectivity index (χ0v) is 12.4. The second-order valence-electron chi connectivity index (χ2n) is 5.00. The summed E-state index contributed by atoms with van der Waals surface area (Å²) in [6.07, 6.45) is 5.18. The molecule has 0 aromatic carbocycles. The summed E-state index contributed by atoms with van der Waals surface area (Å²) in [5.41, 5.74) is 0. The first-order valence-corrected chi connectivity index (χ1v) is 7.55. The van der Waals surface area contributed by atoms with Crippen LogP contribution in [-0.4, -0.2) is 38.8 Å². The smallest absolute Gasteiger partial charge is 0.345 e. The maximum atomic E-state index is 10.7. The predicted molar refractivity (Wildman–Crippen MR) is 80.8 cm³/mol. The van der Waals surface area contributed by atoms with Crippen molar-refractivity contribution in [1.29, 1.82) is 0 Å². The lowest BCUT2D eigenvalue weighted by Crippen LogP contribution is -2.42. The zero-order valence-electron chi connectivity index (χ0n) is 11.6. The summed E-state index contributed by atoms with van der Waals surface area (Å²) in [6.45, 7) is 1.84. The molecule has 0 amide bonds. The molecule has 0 radical (unpaired) electrons. The van der Waals surface area contributed by atoms with E-state index in [2.05, 4.69) is 20.3 Å². The van der Waals surface area contributed by atoms with Crippen molar-refractivity contribution in [2.45, 2.75) is 18.9 Å². The molecule has 3 rings (SSSR count). The predicted octanol–water partition coefficient (Wildman–Crippen LogP) is 1.87. The molecule has 2 aromatic heterocycles. The Bertz CT molecular complexity index is 639. The molecule has 8 nitrogen and oxygen atoms in total. The molecule has 9 heteroatoms. The molecule has 0 unspecified atom stereocenters. The Morgan fingerprint density at radius 1 is 1.57 bits per heavy atom. The molecule has 1 fully saturated rings. The van der Waals surface area contributed by atoms with E-state index < -0.39 is 4.92 Å². The number of nitrogens with zero attached hydrogens (tertiary/aromatic N) is 5. The first kappa shape index (κ1) is 13.8. The van der Waals surface area contributed by atoms with Crippen molar-refractivity contribution in [3.05, 3.63) is 28.6 Å². The van der Waals surface area contributed by atoms with Crippen LogP contribution in [0, 0.1) is 10.1 Å². The Kier molecular flexibility index (Phi) is 3.74. The van der Waals surface area contributed by atoms with Crippen molar-refractivity contribution in [1.82, 2.24) is 14.8 Å². The van der Waals surface area contributed by atoms with E-state index in [1.807, 2.05) is 17.8 Å². The van der Waals surface area contributed by atoms with E-state index in [-0.39, 0.29) is 11.0 Å². The number of nitrogens with one attached hydrogen (secondary N) is 1. The number of rotatable bonds is 4. The summed E-state index contributed by atoms with van der Waals surface area (Å²) in [5, 5.41) is 18.9. The van der Waals surface area contributed by atoms with Crippen LogP contribution in [0.2, 0.25) is 0 Å². The topological polar surface area (TPSA) is 89.1 Å². The number of aryl methyl sites for hydroxylation is 1. The van der Waals surface area contributed by atoms with Crippen molar-refractivity contribution in [2.24, 2.45) is 7.05 Å². The van der Waals surface area contributed by atoms with Gasteiger partial charge in [-0.25, -0.2) is 4.98 Å². The molecule has 2 aromatic rings. The van der Waals surface area contributed by atoms with Crippen LogP contribution < -0.4 is 10.2 Å². The Balaban J connectivity index is 1.66. The first-order chi connectivity index (χ1) is 10.1. The van der Waals surface area contributed by atoms with Crippen LogP contribution in [0.5, 0.6) is 0 Å². The quantitative estimate of drug-likeness (QED) is 0.685. The van der Waals surface area contributed by atoms with Crippen LogP contribution in [0.4, 0.5) is 16.0 Å². The highest BCUT2D eigenvalue weighted by Crippen LogP contribution is 2.27. The van der Waals surface area contributed by atoms with Gasteiger partial charge in [0.2, 0.25) is 0 Å². The molecule has 1 aliphatic heterocycles. The van der Waals surface area contributed by atoms with Crippen LogP contribution >= 0.6 is 11.3 Å². The maximum absolute atomic E-state index is 10.7. The summed E-state index contributed by atoms with van der Waals surface area (Å²) >= 11 is 1.08. The van der Waals surface area contributed by atoms with Gasteiger partial charge in [0.05, 0.1) is 11.1 Å². The van der Waals surface area contributed by atoms with Crippen molar-refractivity contribution < 1.29 is 4.92 Å². The summed E-state index contributed by atoms with van der Waals surface area (Å²) in [6, 6.07) is 2.23. The molecule has 1 atom stereocenters. The van der Waals surface area contributed by atoms with Crippen LogP contribution in [-0.2, 0) is 7.05 Å². The minimum absolute atomic E-state index is 0.0665. The lowest BCUT2D eigenvalue weighted by atomic mass is 10.1. The number of piperidine rings is 1. The third-order valence-corrected chi connectivity index (χ3v) is 4.42. The maximum Gasteiger partial charge on any atom is 0.345 e. The third-order valence-electron chi connectivity index (χ3n) is 3.54. The normalized spacial score (nSPS) is 18.7. The molecule has 21 heavy (non-hydrogen) atoms. The van der Waals surface area contributed by atoms with E-state index in [1.54, 1.807) is 6.20 Å². The Morgan fingerprint density at radius 3 is 3.10 bits per heavy atom. The van der Waals surface area contributed by atoms with Crippen molar-refractivity contribution in [3.63, 3.8) is 0 Å². The monoisotopic (exact) mass is 308 g/mol. The number of hydrogen-bond acceptors (Lipinski definition) is 7. The van der Waals surface area contributed by atoms with Crippen LogP contribution in [0.15, 0.2) is 18.5 Å². The molecule has 112 valence electrons. The van der Waals surface area contributed by atoms with Crippen LogP contribution in [0.25, 0.3) is 0 Å². The highest BCUT2D eigenvalue weighted by atomic mass is 32.1. The molecule has 1 aliphatic rings. The molecule has 1 N–H and O–H groups in total. The SMILES string of the molecule is Cn1nccc1N1CCC[C@H](Nc2ncc([N+](=O)[O-])s2)C1. The van der Waals surface area contributed by atoms with E-state index in [4.69, 9.17) is 0 Å². The van der Waals surface area contributed by atoms with Crippen molar-refractivity contribution in [2.75, 3.05) is 23.3 Å². The summed E-state index contributed by atoms with van der Waals surface area (Å²) in [5.74, 6) is 1.09. The fourth-order valence-corrected chi connectivity index (χ4v) is 3.28. The number of nitro groups is 1. The van der Waals surface area contributed by atoms with Gasteiger partial charge in [0, 0.05) is 32.2 Å². The second-order valence-corrected chi connectivity index (χ2v) is 6.01. The molecule has 3 heterocycles. The number of thiazole rings is 1. The molecule has 1 saturated heterocycles. The van der Waals surface area contributed by atoms with Gasteiger partial charge in [-0.15, -0.1) is 0 Å². The molecular formula is C12H16N6O2S. The van der Waals surface area contributed by atoms with Gasteiger partial charge >= 0.3 is 5.00 Å². The van der Waals surface area contributed by atoms with Gasteiger partial charge in [0.1, 0.15) is 12.0 Å². The summed E-state index contributed by atoms with van der Waals surface area (Å²) < 4.78 is 1.86. The van der Waals surface area contributed by atoms with Gasteiger partial charge in [-0.05, 0) is 24.2 Å². The van der Waals surface area contributed by atoms with E-state index in [0.717, 1.165) is 43.1 Å². The zero-order chi connectivity index (χ0) is 14.8. The first-order valence-electron chi connectivity index (χ1n) is 6.73. The molecule has 0 aliphatic carbocycles. The van der Waals surface area contributed by atoms with E-state index in [0.29, 0.717) is 5.13 Å². The summed E-state index contributed by atoms with van der Waals surface area (Å²) in [4.78, 5) is 16.6. The number of hydrogen-bond donors (Lipinski definition) is 1. The lowest BCUT2D eigenvalue weighted by molar-refractivity contribution is -0.380. The van der Waals surface area contributed by atoms with Gasteiger partial charge in [0.15, 0.2) is 5.13 Å². The number of anilines is 2. The van der Waals surface area contributed by atoms with E-state index >= 15 is 0 Å². The van der Waals surface area contributed by atoms with Gasteiger partial charge < -0.3 is 10.2 Å². The fourth-order valence-electron chi connectivity index (χ4n) is 2.57. The van der Waals surface area contributed by atoms with Crippen LogP contribution in [0.3, 0.4) is 0 Å². The fraction of sp³-hybridized carbons (Fsp3) is 0.500. The van der Waals surface area contributed by atoms with Gasteiger partial charge in [-0.1, -0.05) is 0 Å². The van der Waals surface area contributed by atoms with Crippen molar-refractivity contribution >= 4 is 27.3 Å². The minimum atomic E-state index is -0.411. The average Bonchev–Trinajstić information content (AvgIpc) is 3.08. The Morgan fingerprint density at radius 2 is 2.43 bits per heavy atom. The summed E-state index contributed by atoms with van der Waals surface area (Å²) in [7, 11) is 1.93. The molecule has 0 bridgehead atoms. The second kappa shape index (κ2) is 5.68. The largest absolute Gasteiger partial charge is 0.357 e. The molecule has 0 spiro atoms. The van der Waals surface area contributed by atoms with Crippen molar-refractivity contribution in [3.8, 4) is 0 Å². The lowest BCUT2D eigenvalue weighted by Gasteiger charge is -2.34.